The summed E-state index contributed by atoms with van der Waals surface area (Å²) in [6, 6.07) is 0. The minimum atomic E-state index is -4.75. The number of aliphatic hydroxyl groups is 2. The highest BCUT2D eigenvalue weighted by Crippen LogP contribution is 2.38. The van der Waals surface area contributed by atoms with Crippen LogP contribution in [0.1, 0.15) is 6.23 Å². The molecular weight excluding hydrogens is 325 g/mol. The van der Waals surface area contributed by atoms with Crippen molar-refractivity contribution >= 4 is 19.7 Å². The number of hydrogen-bond donors (Lipinski definition) is 6. The topological polar surface area (TPSA) is 184 Å². The average molecular weight is 339 g/mol. The SMILES string of the molecule is O=C(O)Nc1cncn1[C@@H]1O[C@H](COP(=O)(O)O)[C@@H](O)[C@H]1O. The van der Waals surface area contributed by atoms with E-state index in [1.807, 2.05) is 5.32 Å². The van der Waals surface area contributed by atoms with E-state index in [0.29, 0.717) is 0 Å². The van der Waals surface area contributed by atoms with Crippen molar-refractivity contribution in [2.75, 3.05) is 11.9 Å². The number of rotatable bonds is 5. The van der Waals surface area contributed by atoms with Crippen LogP contribution in [0.15, 0.2) is 12.5 Å². The van der Waals surface area contributed by atoms with Crippen molar-refractivity contribution in [1.29, 1.82) is 0 Å². The Morgan fingerprint density at radius 3 is 2.73 bits per heavy atom. The molecule has 124 valence electrons. The van der Waals surface area contributed by atoms with Crippen LogP contribution in [0.2, 0.25) is 0 Å². The van der Waals surface area contributed by atoms with Gasteiger partial charge in [-0.3, -0.25) is 14.4 Å². The third kappa shape index (κ3) is 3.81. The highest BCUT2D eigenvalue weighted by atomic mass is 31.2. The summed E-state index contributed by atoms with van der Waals surface area (Å²) in [6.45, 7) is -0.657. The molecule has 0 unspecified atom stereocenters. The predicted octanol–water partition coefficient (Wildman–Crippen LogP) is -1.30. The lowest BCUT2D eigenvalue weighted by atomic mass is 10.1. The molecule has 1 aromatic heterocycles. The number of nitrogens with one attached hydrogen (secondary N) is 1. The van der Waals surface area contributed by atoms with Crippen molar-refractivity contribution in [1.82, 2.24) is 9.55 Å². The number of hydrogen-bond acceptors (Lipinski definition) is 7. The van der Waals surface area contributed by atoms with Gasteiger partial charge >= 0.3 is 13.9 Å². The number of aromatic nitrogens is 2. The van der Waals surface area contributed by atoms with Gasteiger partial charge in [-0.1, -0.05) is 0 Å². The van der Waals surface area contributed by atoms with Gasteiger partial charge in [0.15, 0.2) is 6.23 Å². The third-order valence-electron chi connectivity index (χ3n) is 2.92. The summed E-state index contributed by atoms with van der Waals surface area (Å²) in [7, 11) is -4.75. The standard InChI is InChI=1S/C9H14N3O9P/c13-6-4(2-20-22(17,18)19)21-8(7(6)14)12-3-10-1-5(12)11-9(15)16/h1,3-4,6-8,11,13-14H,2H2,(H,15,16)(H2,17,18,19)/t4-,6-,7-,8-/m1/s1. The highest BCUT2D eigenvalue weighted by molar-refractivity contribution is 7.46. The number of phosphoric acid groups is 1. The fraction of sp³-hybridized carbons (Fsp3) is 0.556. The number of anilines is 1. The molecule has 1 saturated heterocycles. The second-order valence-electron chi connectivity index (χ2n) is 4.45. The lowest BCUT2D eigenvalue weighted by Crippen LogP contribution is -2.33. The Bertz CT molecular complexity index is 587. The Morgan fingerprint density at radius 1 is 1.45 bits per heavy atom. The van der Waals surface area contributed by atoms with Gasteiger partial charge in [0, 0.05) is 0 Å². The second kappa shape index (κ2) is 6.30. The summed E-state index contributed by atoms with van der Waals surface area (Å²) < 4.78 is 21.3. The molecule has 0 bridgehead atoms. The maximum absolute atomic E-state index is 10.6. The first-order valence-electron chi connectivity index (χ1n) is 5.92. The Morgan fingerprint density at radius 2 is 2.14 bits per heavy atom. The van der Waals surface area contributed by atoms with Crippen molar-refractivity contribution in [3.63, 3.8) is 0 Å². The predicted molar refractivity (Wildman–Crippen MR) is 67.8 cm³/mol. The van der Waals surface area contributed by atoms with Crippen LogP contribution in [-0.2, 0) is 13.8 Å². The largest absolute Gasteiger partial charge is 0.469 e. The summed E-state index contributed by atoms with van der Waals surface area (Å²) in [4.78, 5) is 31.6. The molecule has 1 fully saturated rings. The molecule has 0 aliphatic carbocycles. The summed E-state index contributed by atoms with van der Waals surface area (Å²) in [6.07, 6.45) is -4.42. The van der Waals surface area contributed by atoms with Crippen LogP contribution in [0.4, 0.5) is 10.6 Å². The Kier molecular flexibility index (Phi) is 4.82. The van der Waals surface area contributed by atoms with E-state index in [0.717, 1.165) is 17.1 Å². The van der Waals surface area contributed by atoms with Crippen molar-refractivity contribution in [2.45, 2.75) is 24.5 Å². The third-order valence-corrected chi connectivity index (χ3v) is 3.40. The van der Waals surface area contributed by atoms with Crippen molar-refractivity contribution in [2.24, 2.45) is 0 Å². The molecule has 4 atom stereocenters. The van der Waals surface area contributed by atoms with E-state index in [4.69, 9.17) is 19.6 Å². The molecule has 2 rings (SSSR count). The molecule has 1 aliphatic rings. The molecule has 13 heteroatoms. The van der Waals surface area contributed by atoms with E-state index < -0.39 is 45.1 Å². The van der Waals surface area contributed by atoms with Crippen molar-refractivity contribution in [3.8, 4) is 0 Å². The van der Waals surface area contributed by atoms with Crippen LogP contribution < -0.4 is 5.32 Å². The van der Waals surface area contributed by atoms with Crippen LogP contribution in [0.3, 0.4) is 0 Å². The first-order chi connectivity index (χ1) is 10.2. The molecule has 0 spiro atoms. The highest BCUT2D eigenvalue weighted by Gasteiger charge is 2.45. The molecule has 1 aliphatic heterocycles. The normalized spacial score (nSPS) is 28.7. The number of carbonyl (C=O) groups is 1. The lowest BCUT2D eigenvalue weighted by molar-refractivity contribution is -0.0511. The van der Waals surface area contributed by atoms with Gasteiger partial charge in [-0.2, -0.15) is 0 Å². The summed E-state index contributed by atoms with van der Waals surface area (Å²) in [5.41, 5.74) is 0. The molecule has 1 aromatic rings. The summed E-state index contributed by atoms with van der Waals surface area (Å²) >= 11 is 0. The Balaban J connectivity index is 2.11. The average Bonchev–Trinajstić information content (AvgIpc) is 2.93. The van der Waals surface area contributed by atoms with Gasteiger partial charge in [-0.25, -0.2) is 14.3 Å². The number of nitrogens with zero attached hydrogens (tertiary/aromatic N) is 2. The maximum atomic E-state index is 10.6. The van der Waals surface area contributed by atoms with Crippen LogP contribution >= 0.6 is 7.82 Å². The molecule has 0 saturated carbocycles. The van der Waals surface area contributed by atoms with Gasteiger partial charge in [-0.15, -0.1) is 0 Å². The first kappa shape index (κ1) is 16.8. The van der Waals surface area contributed by atoms with Crippen molar-refractivity contribution < 1.29 is 43.7 Å². The van der Waals surface area contributed by atoms with Gasteiger partial charge in [-0.05, 0) is 0 Å². The fourth-order valence-electron chi connectivity index (χ4n) is 1.98. The van der Waals surface area contributed by atoms with Gasteiger partial charge in [0.25, 0.3) is 0 Å². The van der Waals surface area contributed by atoms with Crippen molar-refractivity contribution in [3.05, 3.63) is 12.5 Å². The molecule has 0 radical (unpaired) electrons. The number of phosphoric ester groups is 1. The summed E-state index contributed by atoms with van der Waals surface area (Å²) in [5.74, 6) is -0.0136. The summed E-state index contributed by atoms with van der Waals surface area (Å²) in [5, 5.41) is 30.5. The molecular formula is C9H14N3O9P. The van der Waals surface area contributed by atoms with Gasteiger partial charge < -0.3 is 29.8 Å². The molecule has 22 heavy (non-hydrogen) atoms. The van der Waals surface area contributed by atoms with Crippen LogP contribution in [0.5, 0.6) is 0 Å². The van der Waals surface area contributed by atoms with Gasteiger partial charge in [0.1, 0.15) is 24.1 Å². The van der Waals surface area contributed by atoms with E-state index in [-0.39, 0.29) is 5.82 Å². The number of ether oxygens (including phenoxy) is 1. The Labute approximate surface area is 123 Å². The van der Waals surface area contributed by atoms with Crippen LogP contribution in [0, 0.1) is 0 Å². The van der Waals surface area contributed by atoms with Gasteiger partial charge in [0.05, 0.1) is 19.1 Å². The van der Waals surface area contributed by atoms with E-state index in [2.05, 4.69) is 9.51 Å². The second-order valence-corrected chi connectivity index (χ2v) is 5.69. The van der Waals surface area contributed by atoms with Crippen LogP contribution in [0.25, 0.3) is 0 Å². The lowest BCUT2D eigenvalue weighted by Gasteiger charge is -2.18. The molecule has 6 N–H and O–H groups in total. The minimum Gasteiger partial charge on any atom is -0.465 e. The minimum absolute atomic E-state index is 0.0136. The van der Waals surface area contributed by atoms with Crippen LogP contribution in [-0.4, -0.2) is 65.7 Å². The zero-order valence-corrected chi connectivity index (χ0v) is 11.8. The molecule has 12 nitrogen and oxygen atoms in total. The molecule has 2 heterocycles. The zero-order chi connectivity index (χ0) is 16.5. The van der Waals surface area contributed by atoms with E-state index in [9.17, 15) is 19.6 Å². The van der Waals surface area contributed by atoms with E-state index in [1.165, 1.54) is 0 Å². The van der Waals surface area contributed by atoms with E-state index in [1.54, 1.807) is 0 Å². The zero-order valence-electron chi connectivity index (χ0n) is 10.9. The number of carboxylic acid groups (broad SMARTS) is 1. The first-order valence-corrected chi connectivity index (χ1v) is 7.45. The number of imidazole rings is 1. The van der Waals surface area contributed by atoms with Gasteiger partial charge in [0.2, 0.25) is 0 Å². The molecule has 1 amide bonds. The number of amides is 1. The smallest absolute Gasteiger partial charge is 0.465 e. The molecule has 0 aromatic carbocycles. The Hall–Kier alpha value is -1.53. The number of aliphatic hydroxyl groups excluding tert-OH is 2. The van der Waals surface area contributed by atoms with E-state index >= 15 is 0 Å². The fourth-order valence-corrected chi connectivity index (χ4v) is 2.32. The quantitative estimate of drug-likeness (QED) is 0.352. The maximum Gasteiger partial charge on any atom is 0.469 e. The monoisotopic (exact) mass is 339 g/mol.